The molecule has 1 unspecified atom stereocenters. The van der Waals surface area contributed by atoms with Gasteiger partial charge in [0.15, 0.2) is 0 Å². The van der Waals surface area contributed by atoms with Crippen LogP contribution in [0, 0.1) is 5.53 Å². The Kier molecular flexibility index (Phi) is 2.45. The zero-order valence-electron chi connectivity index (χ0n) is 9.67. The molecule has 0 amide bonds. The number of allylic oxidation sites excluding steroid dienone is 1. The number of fused-ring (bicyclic) bond motifs is 1. The van der Waals surface area contributed by atoms with E-state index in [1.54, 1.807) is 0 Å². The average molecular weight is 236 g/mol. The topological polar surface area (TPSA) is 56.4 Å². The normalized spacial score (nSPS) is 17.7. The molecule has 0 aromatic heterocycles. The second kappa shape index (κ2) is 4.11. The van der Waals surface area contributed by atoms with E-state index in [0.29, 0.717) is 5.70 Å². The van der Waals surface area contributed by atoms with Crippen LogP contribution in [0.15, 0.2) is 65.4 Å². The molecule has 88 valence electrons. The van der Waals surface area contributed by atoms with Gasteiger partial charge in [-0.3, -0.25) is 0 Å². The van der Waals surface area contributed by atoms with Gasteiger partial charge < -0.3 is 5.11 Å². The molecule has 1 aliphatic carbocycles. The Morgan fingerprint density at radius 3 is 2.33 bits per heavy atom. The van der Waals surface area contributed by atoms with E-state index in [2.05, 4.69) is 5.11 Å². The molecule has 2 aromatic carbocycles. The third-order valence-electron chi connectivity index (χ3n) is 3.30. The Hall–Kier alpha value is -2.42. The van der Waals surface area contributed by atoms with Crippen LogP contribution in [0.3, 0.4) is 0 Å². The highest BCUT2D eigenvalue weighted by molar-refractivity contribution is 5.74. The van der Waals surface area contributed by atoms with E-state index in [4.69, 9.17) is 5.53 Å². The number of benzene rings is 2. The first-order valence-electron chi connectivity index (χ1n) is 5.77. The van der Waals surface area contributed by atoms with Crippen LogP contribution < -0.4 is 0 Å². The van der Waals surface area contributed by atoms with Gasteiger partial charge in [0.2, 0.25) is 0 Å². The molecule has 0 saturated heterocycles. The fourth-order valence-corrected chi connectivity index (χ4v) is 2.49. The van der Waals surface area contributed by atoms with Crippen LogP contribution in [0.4, 0.5) is 0 Å². The third-order valence-corrected chi connectivity index (χ3v) is 3.30. The summed E-state index contributed by atoms with van der Waals surface area (Å²) in [5.41, 5.74) is 10.5. The van der Waals surface area contributed by atoms with Crippen molar-refractivity contribution in [2.45, 2.75) is 5.92 Å². The van der Waals surface area contributed by atoms with Crippen molar-refractivity contribution in [2.24, 2.45) is 5.11 Å². The fraction of sp³-hybridized carbons (Fsp3) is 0.0667. The van der Waals surface area contributed by atoms with Crippen molar-refractivity contribution in [1.29, 1.82) is 5.53 Å². The van der Waals surface area contributed by atoms with Crippen molar-refractivity contribution in [1.82, 2.24) is 0 Å². The number of hydrogen-bond donors (Lipinski definition) is 2. The molecule has 0 fully saturated rings. The van der Waals surface area contributed by atoms with Crippen molar-refractivity contribution in [2.75, 3.05) is 0 Å². The molecular formula is C15H12N2O. The highest BCUT2D eigenvalue weighted by Crippen LogP contribution is 2.44. The molecule has 1 aliphatic rings. The standard InChI is InChI=1S/C15H12N2O/c16-17-14-13(10-6-2-1-3-7-10)11-8-4-5-9-12(11)15(14)18/h1-9,13,16,18H. The lowest BCUT2D eigenvalue weighted by atomic mass is 9.91. The summed E-state index contributed by atoms with van der Waals surface area (Å²) in [5, 5.41) is 13.7. The molecular weight excluding hydrogens is 224 g/mol. The molecule has 3 rings (SSSR count). The molecule has 3 heteroatoms. The first-order chi connectivity index (χ1) is 8.83. The lowest BCUT2D eigenvalue weighted by molar-refractivity contribution is 0.506. The van der Waals surface area contributed by atoms with E-state index in [-0.39, 0.29) is 11.7 Å². The maximum absolute atomic E-state index is 10.1. The molecule has 0 radical (unpaired) electrons. The van der Waals surface area contributed by atoms with Crippen LogP contribution in [0.2, 0.25) is 0 Å². The highest BCUT2D eigenvalue weighted by Gasteiger charge is 2.32. The summed E-state index contributed by atoms with van der Waals surface area (Å²) in [6.45, 7) is 0. The maximum Gasteiger partial charge on any atom is 0.147 e. The molecule has 2 N–H and O–H groups in total. The summed E-state index contributed by atoms with van der Waals surface area (Å²) in [5.74, 6) is -0.0191. The minimum Gasteiger partial charge on any atom is -0.505 e. The number of aliphatic hydroxyl groups is 1. The minimum absolute atomic E-state index is 0.120. The van der Waals surface area contributed by atoms with E-state index in [1.807, 2.05) is 54.6 Å². The van der Waals surface area contributed by atoms with Crippen LogP contribution in [-0.4, -0.2) is 5.11 Å². The van der Waals surface area contributed by atoms with Gasteiger partial charge in [0, 0.05) is 5.56 Å². The van der Waals surface area contributed by atoms with Crippen LogP contribution >= 0.6 is 0 Å². The molecule has 0 heterocycles. The highest BCUT2D eigenvalue weighted by atomic mass is 16.3. The lowest BCUT2D eigenvalue weighted by Crippen LogP contribution is -1.99. The first kappa shape index (κ1) is 10.7. The third kappa shape index (κ3) is 1.44. The van der Waals surface area contributed by atoms with Gasteiger partial charge in [0.05, 0.1) is 5.92 Å². The summed E-state index contributed by atoms with van der Waals surface area (Å²) in [6.07, 6.45) is 0. The number of rotatable bonds is 2. The monoisotopic (exact) mass is 236 g/mol. The van der Waals surface area contributed by atoms with Crippen LogP contribution in [0.5, 0.6) is 0 Å². The first-order valence-corrected chi connectivity index (χ1v) is 5.77. The van der Waals surface area contributed by atoms with Gasteiger partial charge in [0.25, 0.3) is 0 Å². The van der Waals surface area contributed by atoms with Gasteiger partial charge >= 0.3 is 0 Å². The maximum atomic E-state index is 10.1. The summed E-state index contributed by atoms with van der Waals surface area (Å²) in [7, 11) is 0. The average Bonchev–Trinajstić information content (AvgIpc) is 2.73. The Balaban J connectivity index is 2.23. The second-order valence-electron chi connectivity index (χ2n) is 4.28. The SMILES string of the molecule is N=NC1=C(O)c2ccccc2C1c1ccccc1. The van der Waals surface area contributed by atoms with E-state index in [1.165, 1.54) is 0 Å². The predicted molar refractivity (Wildman–Crippen MR) is 69.4 cm³/mol. The van der Waals surface area contributed by atoms with Crippen LogP contribution in [-0.2, 0) is 0 Å². The Morgan fingerprint density at radius 2 is 1.61 bits per heavy atom. The summed E-state index contributed by atoms with van der Waals surface area (Å²) in [4.78, 5) is 0. The Bertz CT molecular complexity index is 632. The lowest BCUT2D eigenvalue weighted by Gasteiger charge is -2.12. The summed E-state index contributed by atoms with van der Waals surface area (Å²) < 4.78 is 0. The van der Waals surface area contributed by atoms with E-state index in [0.717, 1.165) is 16.7 Å². The molecule has 18 heavy (non-hydrogen) atoms. The van der Waals surface area contributed by atoms with Gasteiger partial charge in [-0.2, -0.15) is 5.11 Å². The van der Waals surface area contributed by atoms with Crippen molar-refractivity contribution >= 4 is 5.76 Å². The van der Waals surface area contributed by atoms with Crippen molar-refractivity contribution in [3.8, 4) is 0 Å². The van der Waals surface area contributed by atoms with Crippen LogP contribution in [0.25, 0.3) is 5.76 Å². The smallest absolute Gasteiger partial charge is 0.147 e. The van der Waals surface area contributed by atoms with Crippen molar-refractivity contribution < 1.29 is 5.11 Å². The molecule has 0 saturated carbocycles. The van der Waals surface area contributed by atoms with E-state index >= 15 is 0 Å². The van der Waals surface area contributed by atoms with Gasteiger partial charge in [0.1, 0.15) is 11.5 Å². The van der Waals surface area contributed by atoms with E-state index < -0.39 is 0 Å². The molecule has 2 aromatic rings. The number of aliphatic hydroxyl groups excluding tert-OH is 1. The summed E-state index contributed by atoms with van der Waals surface area (Å²) in [6, 6.07) is 17.5. The number of nitrogens with zero attached hydrogens (tertiary/aromatic N) is 1. The molecule has 1 atom stereocenters. The molecule has 0 bridgehead atoms. The van der Waals surface area contributed by atoms with Gasteiger partial charge in [-0.15, -0.1) is 0 Å². The largest absolute Gasteiger partial charge is 0.505 e. The fourth-order valence-electron chi connectivity index (χ4n) is 2.49. The van der Waals surface area contributed by atoms with Gasteiger partial charge in [-0.1, -0.05) is 54.6 Å². The molecule has 0 aliphatic heterocycles. The van der Waals surface area contributed by atoms with E-state index in [9.17, 15) is 5.11 Å². The van der Waals surface area contributed by atoms with Gasteiger partial charge in [-0.25, -0.2) is 5.53 Å². The summed E-state index contributed by atoms with van der Waals surface area (Å²) >= 11 is 0. The Morgan fingerprint density at radius 1 is 0.944 bits per heavy atom. The Labute approximate surface area is 105 Å². The van der Waals surface area contributed by atoms with Crippen molar-refractivity contribution in [3.05, 3.63) is 77.0 Å². The number of nitrogens with one attached hydrogen (secondary N) is 1. The quantitative estimate of drug-likeness (QED) is 0.758. The second-order valence-corrected chi connectivity index (χ2v) is 4.28. The van der Waals surface area contributed by atoms with Crippen molar-refractivity contribution in [3.63, 3.8) is 0 Å². The van der Waals surface area contributed by atoms with Crippen LogP contribution in [0.1, 0.15) is 22.6 Å². The minimum atomic E-state index is -0.139. The predicted octanol–water partition coefficient (Wildman–Crippen LogP) is 4.09. The zero-order chi connectivity index (χ0) is 12.5. The molecule has 3 nitrogen and oxygen atoms in total. The number of hydrogen-bond acceptors (Lipinski definition) is 3. The molecule has 0 spiro atoms. The zero-order valence-corrected chi connectivity index (χ0v) is 9.67. The van der Waals surface area contributed by atoms with Gasteiger partial charge in [-0.05, 0) is 11.1 Å².